The largest absolute Gasteiger partial charge is 0.486 e. The Hall–Kier alpha value is -1.84. The van der Waals surface area contributed by atoms with Gasteiger partial charge in [0, 0.05) is 33.6 Å². The zero-order chi connectivity index (χ0) is 21.2. The lowest BCUT2D eigenvalue weighted by atomic mass is 9.99. The summed E-state index contributed by atoms with van der Waals surface area (Å²) in [6, 6.07) is 4.99. The second-order valence-corrected chi connectivity index (χ2v) is 9.80. The summed E-state index contributed by atoms with van der Waals surface area (Å²) in [4.78, 5) is 16.7. The summed E-state index contributed by atoms with van der Waals surface area (Å²) >= 11 is 0. The Balaban J connectivity index is 2.56. The standard InChI is InChI=1S/C19H31N3O5S/c1-13-10-22(14(2)12-23)19(24)15-8-7-9-16(20(3)4)18(15)27-17(13)11-21(5)28(6,25)26/h7-9,13-14,17,23H,10-12H2,1-6H3/t13-,14+,17-/m0/s1. The molecule has 0 aromatic heterocycles. The van der Waals surface area contributed by atoms with E-state index in [1.54, 1.807) is 24.0 Å². The first kappa shape index (κ1) is 22.4. The van der Waals surface area contributed by atoms with E-state index in [0.29, 0.717) is 17.9 Å². The Morgan fingerprint density at radius 3 is 2.50 bits per heavy atom. The van der Waals surface area contributed by atoms with Crippen LogP contribution >= 0.6 is 0 Å². The molecule has 0 saturated carbocycles. The third-order valence-electron chi connectivity index (χ3n) is 5.16. The van der Waals surface area contributed by atoms with Gasteiger partial charge in [-0.1, -0.05) is 13.0 Å². The molecule has 1 aliphatic rings. The molecule has 0 bridgehead atoms. The van der Waals surface area contributed by atoms with E-state index in [-0.39, 0.29) is 31.0 Å². The Morgan fingerprint density at radius 2 is 1.96 bits per heavy atom. The van der Waals surface area contributed by atoms with E-state index in [9.17, 15) is 18.3 Å². The number of hydrogen-bond donors (Lipinski definition) is 1. The van der Waals surface area contributed by atoms with Crippen molar-refractivity contribution >= 4 is 21.6 Å². The second kappa shape index (κ2) is 8.67. The molecule has 2 rings (SSSR count). The highest BCUT2D eigenvalue weighted by Crippen LogP contribution is 2.36. The van der Waals surface area contributed by atoms with Crippen LogP contribution in [0.1, 0.15) is 24.2 Å². The van der Waals surface area contributed by atoms with Crippen LogP contribution in [-0.4, -0.2) is 87.9 Å². The van der Waals surface area contributed by atoms with Crippen molar-refractivity contribution in [3.63, 3.8) is 0 Å². The van der Waals surface area contributed by atoms with Crippen LogP contribution in [0, 0.1) is 5.92 Å². The molecule has 1 aromatic carbocycles. The first-order valence-corrected chi connectivity index (χ1v) is 11.1. The van der Waals surface area contributed by atoms with Crippen LogP contribution in [0.5, 0.6) is 5.75 Å². The van der Waals surface area contributed by atoms with Gasteiger partial charge in [0.1, 0.15) is 6.10 Å². The molecule has 0 saturated heterocycles. The SMILES string of the molecule is C[C@H](CO)N1C[C@H](C)[C@H](CN(C)S(C)(=O)=O)Oc2c(cccc2N(C)C)C1=O. The summed E-state index contributed by atoms with van der Waals surface area (Å²) in [5, 5.41) is 9.64. The number of para-hydroxylation sites is 1. The van der Waals surface area contributed by atoms with Gasteiger partial charge in [0.15, 0.2) is 5.75 Å². The average molecular weight is 414 g/mol. The first-order valence-electron chi connectivity index (χ1n) is 9.27. The number of carbonyl (C=O) groups is 1. The number of aliphatic hydroxyl groups is 1. The maximum absolute atomic E-state index is 13.2. The minimum Gasteiger partial charge on any atom is -0.486 e. The topological polar surface area (TPSA) is 90.4 Å². The van der Waals surface area contributed by atoms with E-state index in [2.05, 4.69) is 0 Å². The number of fused-ring (bicyclic) bond motifs is 1. The fourth-order valence-corrected chi connectivity index (χ4v) is 3.60. The number of amides is 1. The van der Waals surface area contributed by atoms with Gasteiger partial charge in [0.25, 0.3) is 5.91 Å². The number of hydrogen-bond acceptors (Lipinski definition) is 6. The number of nitrogens with zero attached hydrogens (tertiary/aromatic N) is 3. The molecule has 1 N–H and O–H groups in total. The summed E-state index contributed by atoms with van der Waals surface area (Å²) < 4.78 is 31.4. The molecule has 9 heteroatoms. The van der Waals surface area contributed by atoms with Gasteiger partial charge in [0.05, 0.1) is 36.7 Å². The molecule has 0 fully saturated rings. The Morgan fingerprint density at radius 1 is 1.32 bits per heavy atom. The predicted octanol–water partition coefficient (Wildman–Crippen LogP) is 0.864. The molecule has 0 aliphatic carbocycles. The van der Waals surface area contributed by atoms with Crippen LogP contribution in [0.25, 0.3) is 0 Å². The molecular formula is C19H31N3O5S. The van der Waals surface area contributed by atoms with Gasteiger partial charge >= 0.3 is 0 Å². The minimum absolute atomic E-state index is 0.148. The van der Waals surface area contributed by atoms with E-state index in [1.807, 2.05) is 32.0 Å². The van der Waals surface area contributed by atoms with Crippen molar-refractivity contribution < 1.29 is 23.1 Å². The Bertz CT molecular complexity index is 812. The normalized spacial score (nSPS) is 21.6. The Labute approximate surface area is 167 Å². The van der Waals surface area contributed by atoms with Crippen LogP contribution in [0.15, 0.2) is 18.2 Å². The number of sulfonamides is 1. The van der Waals surface area contributed by atoms with Gasteiger partial charge in [0.2, 0.25) is 10.0 Å². The highest BCUT2D eigenvalue weighted by molar-refractivity contribution is 7.88. The molecule has 1 aliphatic heterocycles. The molecule has 0 unspecified atom stereocenters. The first-order chi connectivity index (χ1) is 13.0. The number of aliphatic hydroxyl groups excluding tert-OH is 1. The number of ether oxygens (including phenoxy) is 1. The van der Waals surface area contributed by atoms with E-state index in [1.165, 1.54) is 11.4 Å². The van der Waals surface area contributed by atoms with Crippen molar-refractivity contribution in [2.75, 3.05) is 52.0 Å². The summed E-state index contributed by atoms with van der Waals surface area (Å²) in [7, 11) is 1.86. The molecule has 1 amide bonds. The van der Waals surface area contributed by atoms with Crippen LogP contribution in [0.4, 0.5) is 5.69 Å². The summed E-state index contributed by atoms with van der Waals surface area (Å²) in [5.41, 5.74) is 1.15. The zero-order valence-corrected chi connectivity index (χ0v) is 18.2. The third-order valence-corrected chi connectivity index (χ3v) is 6.44. The summed E-state index contributed by atoms with van der Waals surface area (Å²) in [5.74, 6) is 0.0821. The maximum Gasteiger partial charge on any atom is 0.258 e. The second-order valence-electron chi connectivity index (χ2n) is 7.71. The smallest absolute Gasteiger partial charge is 0.258 e. The van der Waals surface area contributed by atoms with Crippen molar-refractivity contribution in [3.8, 4) is 5.75 Å². The van der Waals surface area contributed by atoms with Gasteiger partial charge in [-0.15, -0.1) is 0 Å². The van der Waals surface area contributed by atoms with Gasteiger partial charge < -0.3 is 19.6 Å². The number of likely N-dealkylation sites (N-methyl/N-ethyl adjacent to an activating group) is 1. The van der Waals surface area contributed by atoms with Crippen LogP contribution in [-0.2, 0) is 10.0 Å². The van der Waals surface area contributed by atoms with E-state index in [0.717, 1.165) is 11.9 Å². The lowest BCUT2D eigenvalue weighted by Crippen LogP contribution is -2.50. The minimum atomic E-state index is -3.37. The maximum atomic E-state index is 13.2. The molecule has 158 valence electrons. The van der Waals surface area contributed by atoms with Gasteiger partial charge in [-0.25, -0.2) is 12.7 Å². The molecule has 8 nitrogen and oxygen atoms in total. The molecule has 0 spiro atoms. The fraction of sp³-hybridized carbons (Fsp3) is 0.632. The van der Waals surface area contributed by atoms with Crippen molar-refractivity contribution in [3.05, 3.63) is 23.8 Å². The van der Waals surface area contributed by atoms with Crippen molar-refractivity contribution in [2.45, 2.75) is 26.0 Å². The fourth-order valence-electron chi connectivity index (χ4n) is 3.19. The van der Waals surface area contributed by atoms with Gasteiger partial charge in [-0.05, 0) is 19.1 Å². The number of carbonyl (C=O) groups excluding carboxylic acids is 1. The van der Waals surface area contributed by atoms with E-state index >= 15 is 0 Å². The van der Waals surface area contributed by atoms with Crippen molar-refractivity contribution in [1.82, 2.24) is 9.21 Å². The average Bonchev–Trinajstić information content (AvgIpc) is 2.62. The molecular weight excluding hydrogens is 382 g/mol. The predicted molar refractivity (Wildman–Crippen MR) is 109 cm³/mol. The molecule has 1 heterocycles. The van der Waals surface area contributed by atoms with Crippen LogP contribution < -0.4 is 9.64 Å². The molecule has 28 heavy (non-hydrogen) atoms. The number of anilines is 1. The Kier molecular flexibility index (Phi) is 6.95. The van der Waals surface area contributed by atoms with Crippen LogP contribution in [0.2, 0.25) is 0 Å². The third kappa shape index (κ3) is 4.76. The van der Waals surface area contributed by atoms with Crippen LogP contribution in [0.3, 0.4) is 0 Å². The van der Waals surface area contributed by atoms with Gasteiger partial charge in [-0.3, -0.25) is 4.79 Å². The highest BCUT2D eigenvalue weighted by Gasteiger charge is 2.35. The zero-order valence-electron chi connectivity index (χ0n) is 17.4. The van der Waals surface area contributed by atoms with Crippen molar-refractivity contribution in [2.24, 2.45) is 5.92 Å². The molecule has 3 atom stereocenters. The van der Waals surface area contributed by atoms with Gasteiger partial charge in [-0.2, -0.15) is 0 Å². The monoisotopic (exact) mass is 413 g/mol. The number of rotatable bonds is 6. The summed E-state index contributed by atoms with van der Waals surface area (Å²) in [6.45, 7) is 4.08. The lowest BCUT2D eigenvalue weighted by Gasteiger charge is -2.38. The van der Waals surface area contributed by atoms with E-state index in [4.69, 9.17) is 4.74 Å². The highest BCUT2D eigenvalue weighted by atomic mass is 32.2. The molecule has 1 aromatic rings. The van der Waals surface area contributed by atoms with E-state index < -0.39 is 16.1 Å². The quantitative estimate of drug-likeness (QED) is 0.744. The number of benzene rings is 1. The lowest BCUT2D eigenvalue weighted by molar-refractivity contribution is 0.0388. The van der Waals surface area contributed by atoms with Crippen molar-refractivity contribution in [1.29, 1.82) is 0 Å². The summed E-state index contributed by atoms with van der Waals surface area (Å²) in [6.07, 6.45) is 0.699. The molecule has 0 radical (unpaired) electrons.